The summed E-state index contributed by atoms with van der Waals surface area (Å²) in [5, 5.41) is 12.5. The van der Waals surface area contributed by atoms with Crippen LogP contribution in [0.5, 0.6) is 0 Å². The minimum Gasteiger partial charge on any atom is -0.372 e. The van der Waals surface area contributed by atoms with Gasteiger partial charge >= 0.3 is 0 Å². The number of halogens is 2. The highest BCUT2D eigenvalue weighted by molar-refractivity contribution is 9.10. The molecule has 0 aliphatic heterocycles. The lowest BCUT2D eigenvalue weighted by molar-refractivity contribution is -0.113. The first-order chi connectivity index (χ1) is 14.4. The Hall–Kier alpha value is -2.03. The molecule has 1 amide bonds. The monoisotopic (exact) mass is 507 g/mol. The molecule has 0 radical (unpaired) electrons. The number of rotatable bonds is 8. The van der Waals surface area contributed by atoms with Crippen LogP contribution in [0.2, 0.25) is 5.02 Å². The minimum absolute atomic E-state index is 0.155. The van der Waals surface area contributed by atoms with Crippen LogP contribution in [0.25, 0.3) is 11.4 Å². The van der Waals surface area contributed by atoms with Crippen molar-refractivity contribution in [3.05, 3.63) is 52.0 Å². The highest BCUT2D eigenvalue weighted by atomic mass is 79.9. The molecular weight excluding hydrogens is 486 g/mol. The Morgan fingerprint density at radius 1 is 1.17 bits per heavy atom. The van der Waals surface area contributed by atoms with Crippen molar-refractivity contribution in [1.82, 2.24) is 14.8 Å². The van der Waals surface area contributed by atoms with E-state index in [0.29, 0.717) is 15.9 Å². The Morgan fingerprint density at radius 3 is 2.50 bits per heavy atom. The molecule has 9 heteroatoms. The zero-order chi connectivity index (χ0) is 21.7. The van der Waals surface area contributed by atoms with Gasteiger partial charge in [0.15, 0.2) is 11.0 Å². The summed E-state index contributed by atoms with van der Waals surface area (Å²) in [4.78, 5) is 14.6. The summed E-state index contributed by atoms with van der Waals surface area (Å²) in [6.07, 6.45) is 0. The Labute approximate surface area is 194 Å². The van der Waals surface area contributed by atoms with E-state index in [0.717, 1.165) is 29.0 Å². The number of amides is 1. The molecule has 0 spiro atoms. The van der Waals surface area contributed by atoms with Gasteiger partial charge in [0, 0.05) is 35.9 Å². The maximum atomic E-state index is 12.3. The number of anilines is 2. The van der Waals surface area contributed by atoms with Crippen LogP contribution in [0.4, 0.5) is 11.4 Å². The number of nitrogens with one attached hydrogen (secondary N) is 1. The summed E-state index contributed by atoms with van der Waals surface area (Å²) in [7, 11) is 1.90. The quantitative estimate of drug-likeness (QED) is 0.409. The first-order valence-electron chi connectivity index (χ1n) is 9.55. The molecule has 0 atom stereocenters. The molecule has 0 fully saturated rings. The summed E-state index contributed by atoms with van der Waals surface area (Å²) in [6.45, 7) is 6.22. The van der Waals surface area contributed by atoms with Gasteiger partial charge in [0.05, 0.1) is 16.5 Å². The van der Waals surface area contributed by atoms with Gasteiger partial charge in [-0.15, -0.1) is 10.2 Å². The molecule has 158 valence electrons. The molecular formula is C21H23BrClN5OS. The molecule has 2 aromatic carbocycles. The zero-order valence-electron chi connectivity index (χ0n) is 17.0. The van der Waals surface area contributed by atoms with E-state index in [1.807, 2.05) is 29.8 Å². The number of aromatic nitrogens is 3. The van der Waals surface area contributed by atoms with Gasteiger partial charge in [0.1, 0.15) is 0 Å². The second-order valence-corrected chi connectivity index (χ2v) is 8.81. The van der Waals surface area contributed by atoms with Crippen LogP contribution in [-0.2, 0) is 11.8 Å². The van der Waals surface area contributed by atoms with Gasteiger partial charge in [-0.25, -0.2) is 0 Å². The van der Waals surface area contributed by atoms with Gasteiger partial charge < -0.3 is 14.8 Å². The number of nitrogens with zero attached hydrogens (tertiary/aromatic N) is 4. The SMILES string of the molecule is CCN(CC)c1ccc(-c2nnc(SCC(=O)Nc3ccc(Br)cc3Cl)n2C)cc1. The van der Waals surface area contributed by atoms with Crippen LogP contribution in [0.1, 0.15) is 13.8 Å². The van der Waals surface area contributed by atoms with Crippen molar-refractivity contribution in [3.8, 4) is 11.4 Å². The topological polar surface area (TPSA) is 63.1 Å². The molecule has 0 saturated carbocycles. The molecule has 1 N–H and O–H groups in total. The van der Waals surface area contributed by atoms with E-state index in [1.165, 1.54) is 17.4 Å². The number of hydrogen-bond donors (Lipinski definition) is 1. The molecule has 1 heterocycles. The normalized spacial score (nSPS) is 10.8. The predicted octanol–water partition coefficient (Wildman–Crippen LogP) is 5.48. The summed E-state index contributed by atoms with van der Waals surface area (Å²) in [6, 6.07) is 13.6. The minimum atomic E-state index is -0.155. The van der Waals surface area contributed by atoms with Crippen molar-refractivity contribution in [2.45, 2.75) is 19.0 Å². The van der Waals surface area contributed by atoms with E-state index < -0.39 is 0 Å². The van der Waals surface area contributed by atoms with Crippen molar-refractivity contribution in [2.75, 3.05) is 29.1 Å². The van der Waals surface area contributed by atoms with Gasteiger partial charge in [-0.3, -0.25) is 4.79 Å². The maximum absolute atomic E-state index is 12.3. The van der Waals surface area contributed by atoms with Crippen LogP contribution in [-0.4, -0.2) is 39.5 Å². The van der Waals surface area contributed by atoms with Gasteiger partial charge in [-0.2, -0.15) is 0 Å². The molecule has 3 aromatic rings. The third-order valence-corrected chi connectivity index (χ3v) is 6.45. The fourth-order valence-corrected chi connectivity index (χ4v) is 4.44. The van der Waals surface area contributed by atoms with E-state index in [4.69, 9.17) is 11.6 Å². The lowest BCUT2D eigenvalue weighted by Gasteiger charge is -2.21. The average Bonchev–Trinajstić information content (AvgIpc) is 3.10. The lowest BCUT2D eigenvalue weighted by Crippen LogP contribution is -2.21. The maximum Gasteiger partial charge on any atom is 0.234 e. The van der Waals surface area contributed by atoms with Crippen LogP contribution in [0, 0.1) is 0 Å². The largest absolute Gasteiger partial charge is 0.372 e. The highest BCUT2D eigenvalue weighted by Crippen LogP contribution is 2.27. The third kappa shape index (κ3) is 5.36. The first-order valence-corrected chi connectivity index (χ1v) is 11.7. The molecule has 6 nitrogen and oxygen atoms in total. The van der Waals surface area contributed by atoms with Crippen molar-refractivity contribution in [2.24, 2.45) is 7.05 Å². The van der Waals surface area contributed by atoms with Gasteiger partial charge in [-0.1, -0.05) is 39.3 Å². The fourth-order valence-electron chi connectivity index (χ4n) is 3.01. The molecule has 0 aliphatic rings. The lowest BCUT2D eigenvalue weighted by atomic mass is 10.2. The summed E-state index contributed by atoms with van der Waals surface area (Å²) < 4.78 is 2.76. The van der Waals surface area contributed by atoms with Crippen LogP contribution in [0.15, 0.2) is 52.1 Å². The Bertz CT molecular complexity index is 1020. The second-order valence-electron chi connectivity index (χ2n) is 6.55. The van der Waals surface area contributed by atoms with E-state index in [9.17, 15) is 4.79 Å². The highest BCUT2D eigenvalue weighted by Gasteiger charge is 2.14. The van der Waals surface area contributed by atoms with Crippen LogP contribution < -0.4 is 10.2 Å². The molecule has 0 bridgehead atoms. The Balaban J connectivity index is 1.64. The number of benzene rings is 2. The van der Waals surface area contributed by atoms with Gasteiger partial charge in [0.2, 0.25) is 5.91 Å². The number of carbonyl (C=O) groups excluding carboxylic acids is 1. The number of hydrogen-bond acceptors (Lipinski definition) is 5. The summed E-state index contributed by atoms with van der Waals surface area (Å²) >= 11 is 10.8. The molecule has 0 saturated heterocycles. The Morgan fingerprint density at radius 2 is 1.87 bits per heavy atom. The second kappa shape index (κ2) is 10.3. The van der Waals surface area contributed by atoms with E-state index in [-0.39, 0.29) is 11.7 Å². The molecule has 1 aromatic heterocycles. The van der Waals surface area contributed by atoms with Crippen LogP contribution in [0.3, 0.4) is 0 Å². The van der Waals surface area contributed by atoms with E-state index in [2.05, 4.69) is 62.3 Å². The summed E-state index contributed by atoms with van der Waals surface area (Å²) in [5.74, 6) is 0.816. The van der Waals surface area contributed by atoms with Crippen molar-refractivity contribution in [3.63, 3.8) is 0 Å². The van der Waals surface area contributed by atoms with Gasteiger partial charge in [0.25, 0.3) is 0 Å². The van der Waals surface area contributed by atoms with Gasteiger partial charge in [-0.05, 0) is 56.3 Å². The van der Waals surface area contributed by atoms with Crippen molar-refractivity contribution in [1.29, 1.82) is 0 Å². The standard InChI is InChI=1S/C21H23BrClN5OS/c1-4-28(5-2)16-9-6-14(7-10-16)20-25-26-21(27(20)3)30-13-19(29)24-18-11-8-15(22)12-17(18)23/h6-12H,4-5,13H2,1-3H3,(H,24,29). The Kier molecular flexibility index (Phi) is 7.80. The number of thioether (sulfide) groups is 1. The third-order valence-electron chi connectivity index (χ3n) is 4.63. The summed E-state index contributed by atoms with van der Waals surface area (Å²) in [5.41, 5.74) is 2.75. The average molecular weight is 509 g/mol. The number of carbonyl (C=O) groups is 1. The predicted molar refractivity (Wildman–Crippen MR) is 129 cm³/mol. The smallest absolute Gasteiger partial charge is 0.234 e. The van der Waals surface area contributed by atoms with E-state index >= 15 is 0 Å². The van der Waals surface area contributed by atoms with E-state index in [1.54, 1.807) is 12.1 Å². The first kappa shape index (κ1) is 22.7. The van der Waals surface area contributed by atoms with Crippen LogP contribution >= 0.6 is 39.3 Å². The van der Waals surface area contributed by atoms with Crippen molar-refractivity contribution < 1.29 is 4.79 Å². The molecule has 30 heavy (non-hydrogen) atoms. The fraction of sp³-hybridized carbons (Fsp3) is 0.286. The zero-order valence-corrected chi connectivity index (χ0v) is 20.2. The molecule has 0 unspecified atom stereocenters. The molecule has 0 aliphatic carbocycles. The molecule has 3 rings (SSSR count). The van der Waals surface area contributed by atoms with Crippen molar-refractivity contribution >= 4 is 56.6 Å².